The van der Waals surface area contributed by atoms with Crippen LogP contribution in [0.15, 0.2) is 35.3 Å². The molecule has 3 fully saturated rings. The Kier molecular flexibility index (Phi) is 5.74. The average molecular weight is 384 g/mol. The molecular weight excluding hydrogens is 350 g/mol. The minimum absolute atomic E-state index is 0.140. The Morgan fingerprint density at radius 3 is 2.39 bits per heavy atom. The van der Waals surface area contributed by atoms with Crippen molar-refractivity contribution in [3.8, 4) is 0 Å². The number of rotatable bonds is 4. The molecule has 2 aliphatic heterocycles. The van der Waals surface area contributed by atoms with Gasteiger partial charge in [0.15, 0.2) is 5.96 Å². The molecule has 28 heavy (non-hydrogen) atoms. The fourth-order valence-corrected chi connectivity index (χ4v) is 4.72. The van der Waals surface area contributed by atoms with Gasteiger partial charge in [0.25, 0.3) is 0 Å². The van der Waals surface area contributed by atoms with Crippen molar-refractivity contribution in [1.82, 2.24) is 15.1 Å². The molecule has 1 spiro atoms. The number of hydrogen-bond acceptors (Lipinski definition) is 3. The highest BCUT2D eigenvalue weighted by Gasteiger charge is 2.43. The highest BCUT2D eigenvalue weighted by Crippen LogP contribution is 2.47. The van der Waals surface area contributed by atoms with Gasteiger partial charge in [-0.15, -0.1) is 0 Å². The Balaban J connectivity index is 1.30. The highest BCUT2D eigenvalue weighted by molar-refractivity contribution is 5.85. The molecule has 0 atom stereocenters. The number of anilines is 1. The highest BCUT2D eigenvalue weighted by atomic mass is 16.2. The van der Waals surface area contributed by atoms with Gasteiger partial charge in [-0.3, -0.25) is 4.79 Å². The first kappa shape index (κ1) is 19.1. The third-order valence-corrected chi connectivity index (χ3v) is 6.60. The van der Waals surface area contributed by atoms with Crippen LogP contribution in [0.2, 0.25) is 0 Å². The van der Waals surface area contributed by atoms with Gasteiger partial charge in [-0.2, -0.15) is 0 Å². The lowest BCUT2D eigenvalue weighted by Crippen LogP contribution is -2.50. The summed E-state index contributed by atoms with van der Waals surface area (Å²) in [6.45, 7) is 8.65. The van der Waals surface area contributed by atoms with E-state index in [4.69, 9.17) is 4.99 Å². The normalized spacial score (nSPS) is 21.8. The summed E-state index contributed by atoms with van der Waals surface area (Å²) >= 11 is 0. The van der Waals surface area contributed by atoms with E-state index in [0.717, 1.165) is 51.8 Å². The van der Waals surface area contributed by atoms with E-state index in [2.05, 4.69) is 46.3 Å². The second-order valence-electron chi connectivity index (χ2n) is 8.40. The molecule has 3 aliphatic rings. The van der Waals surface area contributed by atoms with Crippen LogP contribution in [-0.4, -0.2) is 74.0 Å². The number of carbonyl (C=O) groups is 1. The Labute approximate surface area is 168 Å². The standard InChI is InChI=1S/C22H33N5O/c1-2-23-21(27-12-11-22(18-27)9-6-10-22)24-17-20(28)26-15-13-25(14-16-26)19-7-4-3-5-8-19/h3-5,7-8H,2,6,9-18H2,1H3,(H,23,24). The first-order valence-electron chi connectivity index (χ1n) is 10.8. The Hall–Kier alpha value is -2.24. The molecule has 0 radical (unpaired) electrons. The van der Waals surface area contributed by atoms with Crippen LogP contribution in [0.25, 0.3) is 0 Å². The molecule has 1 aromatic carbocycles. The van der Waals surface area contributed by atoms with Gasteiger partial charge >= 0.3 is 0 Å². The molecule has 1 aromatic rings. The van der Waals surface area contributed by atoms with Crippen molar-refractivity contribution in [2.45, 2.75) is 32.6 Å². The number of nitrogens with zero attached hydrogens (tertiary/aromatic N) is 4. The monoisotopic (exact) mass is 383 g/mol. The van der Waals surface area contributed by atoms with Gasteiger partial charge in [0.2, 0.25) is 5.91 Å². The minimum atomic E-state index is 0.140. The van der Waals surface area contributed by atoms with Crippen molar-refractivity contribution in [3.63, 3.8) is 0 Å². The molecule has 2 saturated heterocycles. The second-order valence-corrected chi connectivity index (χ2v) is 8.40. The number of nitrogens with one attached hydrogen (secondary N) is 1. The average Bonchev–Trinajstić information content (AvgIpc) is 3.18. The van der Waals surface area contributed by atoms with Gasteiger partial charge in [-0.1, -0.05) is 24.6 Å². The van der Waals surface area contributed by atoms with E-state index in [1.54, 1.807) is 0 Å². The SMILES string of the molecule is CCNC(=NCC(=O)N1CCN(c2ccccc2)CC1)N1CCC2(CCC2)C1. The number of piperazine rings is 1. The van der Waals surface area contributed by atoms with E-state index in [1.165, 1.54) is 31.4 Å². The zero-order valence-electron chi connectivity index (χ0n) is 17.1. The van der Waals surface area contributed by atoms with Gasteiger partial charge < -0.3 is 20.0 Å². The van der Waals surface area contributed by atoms with Gasteiger partial charge in [0, 0.05) is 51.5 Å². The van der Waals surface area contributed by atoms with E-state index >= 15 is 0 Å². The third-order valence-electron chi connectivity index (χ3n) is 6.60. The van der Waals surface area contributed by atoms with Crippen LogP contribution in [0.4, 0.5) is 5.69 Å². The van der Waals surface area contributed by atoms with Crippen LogP contribution >= 0.6 is 0 Å². The first-order valence-corrected chi connectivity index (χ1v) is 10.8. The number of carbonyl (C=O) groups excluding carboxylic acids is 1. The zero-order chi connectivity index (χ0) is 19.4. The summed E-state index contributed by atoms with van der Waals surface area (Å²) in [5.41, 5.74) is 1.77. The van der Waals surface area contributed by atoms with E-state index < -0.39 is 0 Å². The number of hydrogen-bond donors (Lipinski definition) is 1. The van der Waals surface area contributed by atoms with Crippen LogP contribution in [0.3, 0.4) is 0 Å². The van der Waals surface area contributed by atoms with Crippen LogP contribution in [0.5, 0.6) is 0 Å². The first-order chi connectivity index (χ1) is 13.7. The Morgan fingerprint density at radius 2 is 1.79 bits per heavy atom. The predicted molar refractivity (Wildman–Crippen MR) is 114 cm³/mol. The summed E-state index contributed by atoms with van der Waals surface area (Å²) in [7, 11) is 0. The molecule has 4 rings (SSSR count). The molecule has 0 bridgehead atoms. The molecule has 1 saturated carbocycles. The number of aliphatic imine (C=N–C) groups is 1. The summed E-state index contributed by atoms with van der Waals surface area (Å²) < 4.78 is 0. The van der Waals surface area contributed by atoms with Crippen LogP contribution < -0.4 is 10.2 Å². The molecular formula is C22H33N5O. The van der Waals surface area contributed by atoms with E-state index in [9.17, 15) is 4.79 Å². The predicted octanol–water partition coefficient (Wildman–Crippen LogP) is 2.18. The minimum Gasteiger partial charge on any atom is -0.368 e. The Morgan fingerprint density at radius 1 is 1.04 bits per heavy atom. The number of likely N-dealkylation sites (tertiary alicyclic amines) is 1. The van der Waals surface area contributed by atoms with E-state index in [-0.39, 0.29) is 12.5 Å². The third kappa shape index (κ3) is 4.10. The Bertz CT molecular complexity index is 692. The van der Waals surface area contributed by atoms with Gasteiger partial charge in [0.1, 0.15) is 6.54 Å². The number of para-hydroxylation sites is 1. The molecule has 2 heterocycles. The quantitative estimate of drug-likeness (QED) is 0.640. The maximum atomic E-state index is 12.7. The van der Waals surface area contributed by atoms with Gasteiger partial charge in [-0.05, 0) is 43.7 Å². The maximum absolute atomic E-state index is 12.7. The number of guanidine groups is 1. The van der Waals surface area contributed by atoms with Crippen molar-refractivity contribution in [3.05, 3.63) is 30.3 Å². The van der Waals surface area contributed by atoms with E-state index in [1.807, 2.05) is 11.0 Å². The van der Waals surface area contributed by atoms with Gasteiger partial charge in [-0.25, -0.2) is 4.99 Å². The summed E-state index contributed by atoms with van der Waals surface area (Å²) in [6.07, 6.45) is 5.35. The fourth-order valence-electron chi connectivity index (χ4n) is 4.72. The molecule has 1 amide bonds. The summed E-state index contributed by atoms with van der Waals surface area (Å²) in [5, 5.41) is 3.39. The lowest BCUT2D eigenvalue weighted by atomic mass is 9.68. The topological polar surface area (TPSA) is 51.2 Å². The van der Waals surface area contributed by atoms with Crippen molar-refractivity contribution in [2.24, 2.45) is 10.4 Å². The van der Waals surface area contributed by atoms with Gasteiger partial charge in [0.05, 0.1) is 0 Å². The van der Waals surface area contributed by atoms with Crippen molar-refractivity contribution in [2.75, 3.05) is 57.3 Å². The largest absolute Gasteiger partial charge is 0.368 e. The number of benzene rings is 1. The molecule has 152 valence electrons. The fraction of sp³-hybridized carbons (Fsp3) is 0.636. The lowest BCUT2D eigenvalue weighted by molar-refractivity contribution is -0.129. The maximum Gasteiger partial charge on any atom is 0.244 e. The lowest BCUT2D eigenvalue weighted by Gasteiger charge is -2.38. The van der Waals surface area contributed by atoms with Crippen LogP contribution in [0, 0.1) is 5.41 Å². The van der Waals surface area contributed by atoms with E-state index in [0.29, 0.717) is 5.41 Å². The molecule has 0 aromatic heterocycles. The molecule has 1 aliphatic carbocycles. The molecule has 6 nitrogen and oxygen atoms in total. The molecule has 0 unspecified atom stereocenters. The smallest absolute Gasteiger partial charge is 0.244 e. The van der Waals surface area contributed by atoms with Crippen molar-refractivity contribution >= 4 is 17.6 Å². The molecule has 6 heteroatoms. The summed E-state index contributed by atoms with van der Waals surface area (Å²) in [4.78, 5) is 24.1. The van der Waals surface area contributed by atoms with Crippen molar-refractivity contribution < 1.29 is 4.79 Å². The number of amides is 1. The van der Waals surface area contributed by atoms with Crippen molar-refractivity contribution in [1.29, 1.82) is 0 Å². The summed E-state index contributed by atoms with van der Waals surface area (Å²) in [6, 6.07) is 10.4. The van der Waals surface area contributed by atoms with Crippen LogP contribution in [-0.2, 0) is 4.79 Å². The second kappa shape index (κ2) is 8.41. The zero-order valence-corrected chi connectivity index (χ0v) is 17.1. The summed E-state index contributed by atoms with van der Waals surface area (Å²) in [5.74, 6) is 1.06. The van der Waals surface area contributed by atoms with Crippen LogP contribution in [0.1, 0.15) is 32.6 Å². The molecule has 1 N–H and O–H groups in total.